The molecule has 0 fully saturated rings. The van der Waals surface area contributed by atoms with Crippen molar-refractivity contribution in [3.05, 3.63) is 34.9 Å². The molecule has 0 aliphatic heterocycles. The van der Waals surface area contributed by atoms with E-state index in [0.717, 1.165) is 5.56 Å². The highest BCUT2D eigenvalue weighted by molar-refractivity contribution is 6.31. The third-order valence-electron chi connectivity index (χ3n) is 2.65. The van der Waals surface area contributed by atoms with Crippen molar-refractivity contribution in [2.75, 3.05) is 0 Å². The zero-order chi connectivity index (χ0) is 14.4. The lowest BCUT2D eigenvalue weighted by Crippen LogP contribution is -2.46. The van der Waals surface area contributed by atoms with Crippen LogP contribution in [0, 0.1) is 5.92 Å². The summed E-state index contributed by atoms with van der Waals surface area (Å²) in [6.45, 7) is 3.87. The third kappa shape index (κ3) is 5.30. The molecule has 4 nitrogen and oxygen atoms in total. The van der Waals surface area contributed by atoms with Gasteiger partial charge in [-0.15, -0.1) is 0 Å². The molecule has 3 N–H and O–H groups in total. The van der Waals surface area contributed by atoms with Crippen molar-refractivity contribution in [2.24, 2.45) is 11.7 Å². The first kappa shape index (κ1) is 15.5. The van der Waals surface area contributed by atoms with Gasteiger partial charge in [-0.2, -0.15) is 0 Å². The fourth-order valence-corrected chi connectivity index (χ4v) is 1.94. The Labute approximate surface area is 118 Å². The summed E-state index contributed by atoms with van der Waals surface area (Å²) < 4.78 is 0. The number of halogens is 1. The van der Waals surface area contributed by atoms with E-state index in [4.69, 9.17) is 17.3 Å². The topological polar surface area (TPSA) is 72.2 Å². The lowest BCUT2D eigenvalue weighted by molar-refractivity contribution is -0.127. The van der Waals surface area contributed by atoms with Gasteiger partial charge in [0, 0.05) is 17.9 Å². The van der Waals surface area contributed by atoms with E-state index in [1.807, 2.05) is 32.0 Å². The molecule has 1 rings (SSSR count). The molecule has 0 radical (unpaired) electrons. The van der Waals surface area contributed by atoms with Crippen LogP contribution in [-0.2, 0) is 16.0 Å². The van der Waals surface area contributed by atoms with Crippen molar-refractivity contribution < 1.29 is 9.59 Å². The highest BCUT2D eigenvalue weighted by Crippen LogP contribution is 2.16. The molecule has 2 amide bonds. The molecule has 1 aromatic rings. The van der Waals surface area contributed by atoms with Gasteiger partial charge in [-0.3, -0.25) is 9.59 Å². The standard InChI is InChI=1S/C14H19ClN2O2/c1-9(2)7-13(18)17-12(14(16)19)8-10-5-3-4-6-11(10)15/h3-6,9,12H,7-8H2,1-2H3,(H2,16,19)(H,17,18)/t12-/m1/s1. The third-order valence-corrected chi connectivity index (χ3v) is 3.02. The molecule has 0 saturated heterocycles. The monoisotopic (exact) mass is 282 g/mol. The summed E-state index contributed by atoms with van der Waals surface area (Å²) in [5.74, 6) is -0.503. The van der Waals surface area contributed by atoms with Crippen molar-refractivity contribution in [1.29, 1.82) is 0 Å². The van der Waals surface area contributed by atoms with Crippen LogP contribution in [0.1, 0.15) is 25.8 Å². The van der Waals surface area contributed by atoms with Crippen LogP contribution in [0.25, 0.3) is 0 Å². The first-order valence-electron chi connectivity index (χ1n) is 6.22. The Morgan fingerprint density at radius 1 is 1.32 bits per heavy atom. The molecule has 0 bridgehead atoms. The second kappa shape index (κ2) is 7.14. The van der Waals surface area contributed by atoms with Gasteiger partial charge in [-0.25, -0.2) is 0 Å². The molecule has 0 spiro atoms. The zero-order valence-corrected chi connectivity index (χ0v) is 11.9. The molecule has 0 saturated carbocycles. The van der Waals surface area contributed by atoms with Gasteiger partial charge in [0.2, 0.25) is 11.8 Å². The average molecular weight is 283 g/mol. The van der Waals surface area contributed by atoms with Gasteiger partial charge in [-0.05, 0) is 17.5 Å². The van der Waals surface area contributed by atoms with E-state index in [0.29, 0.717) is 17.9 Å². The van der Waals surface area contributed by atoms with Gasteiger partial charge in [0.25, 0.3) is 0 Å². The maximum Gasteiger partial charge on any atom is 0.240 e. The summed E-state index contributed by atoms with van der Waals surface area (Å²) in [5, 5.41) is 3.21. The van der Waals surface area contributed by atoms with Crippen molar-refractivity contribution in [1.82, 2.24) is 5.32 Å². The number of hydrogen-bond acceptors (Lipinski definition) is 2. The van der Waals surface area contributed by atoms with Gasteiger partial charge in [0.15, 0.2) is 0 Å². The molecule has 0 aliphatic carbocycles. The molecular formula is C14H19ClN2O2. The van der Waals surface area contributed by atoms with Crippen LogP contribution in [0.5, 0.6) is 0 Å². The number of nitrogens with one attached hydrogen (secondary N) is 1. The van der Waals surface area contributed by atoms with E-state index < -0.39 is 11.9 Å². The first-order valence-corrected chi connectivity index (χ1v) is 6.60. The zero-order valence-electron chi connectivity index (χ0n) is 11.2. The fraction of sp³-hybridized carbons (Fsp3) is 0.429. The molecule has 0 aliphatic rings. The molecule has 19 heavy (non-hydrogen) atoms. The Hall–Kier alpha value is -1.55. The SMILES string of the molecule is CC(C)CC(=O)N[C@H](Cc1ccccc1Cl)C(N)=O. The smallest absolute Gasteiger partial charge is 0.240 e. The van der Waals surface area contributed by atoms with Crippen molar-refractivity contribution in [3.8, 4) is 0 Å². The van der Waals surface area contributed by atoms with Crippen molar-refractivity contribution in [3.63, 3.8) is 0 Å². The quantitative estimate of drug-likeness (QED) is 0.836. The Kier molecular flexibility index (Phi) is 5.83. The summed E-state index contributed by atoms with van der Waals surface area (Å²) in [6, 6.07) is 6.46. The number of carbonyl (C=O) groups is 2. The minimum Gasteiger partial charge on any atom is -0.368 e. The van der Waals surface area contributed by atoms with E-state index >= 15 is 0 Å². The largest absolute Gasteiger partial charge is 0.368 e. The average Bonchev–Trinajstić information content (AvgIpc) is 2.29. The maximum atomic E-state index is 11.7. The van der Waals surface area contributed by atoms with E-state index in [2.05, 4.69) is 5.32 Å². The molecule has 1 atom stereocenters. The minimum atomic E-state index is -0.730. The molecule has 104 valence electrons. The summed E-state index contributed by atoms with van der Waals surface area (Å²) in [7, 11) is 0. The predicted molar refractivity (Wildman–Crippen MR) is 75.7 cm³/mol. The van der Waals surface area contributed by atoms with E-state index in [1.54, 1.807) is 6.07 Å². The van der Waals surface area contributed by atoms with Gasteiger partial charge in [0.1, 0.15) is 6.04 Å². The number of carbonyl (C=O) groups excluding carboxylic acids is 2. The van der Waals surface area contributed by atoms with Crippen LogP contribution < -0.4 is 11.1 Å². The molecule has 5 heteroatoms. The second-order valence-corrected chi connectivity index (χ2v) is 5.32. The normalized spacial score (nSPS) is 12.2. The van der Waals surface area contributed by atoms with Crippen molar-refractivity contribution >= 4 is 23.4 Å². The Morgan fingerprint density at radius 2 is 1.95 bits per heavy atom. The number of primary amides is 1. The number of hydrogen-bond donors (Lipinski definition) is 2. The molecule has 0 heterocycles. The number of benzene rings is 1. The summed E-state index contributed by atoms with van der Waals surface area (Å²) in [5.41, 5.74) is 6.11. The molecule has 0 unspecified atom stereocenters. The lowest BCUT2D eigenvalue weighted by Gasteiger charge is -2.17. The Morgan fingerprint density at radius 3 is 2.47 bits per heavy atom. The number of nitrogens with two attached hydrogens (primary N) is 1. The van der Waals surface area contributed by atoms with E-state index in [-0.39, 0.29) is 11.8 Å². The Balaban J connectivity index is 2.71. The fourth-order valence-electron chi connectivity index (χ4n) is 1.73. The van der Waals surface area contributed by atoms with Crippen LogP contribution in [0.3, 0.4) is 0 Å². The lowest BCUT2D eigenvalue weighted by atomic mass is 10.0. The highest BCUT2D eigenvalue weighted by Gasteiger charge is 2.19. The van der Waals surface area contributed by atoms with E-state index in [9.17, 15) is 9.59 Å². The summed E-state index contributed by atoms with van der Waals surface area (Å²) >= 11 is 6.03. The number of rotatable bonds is 6. The van der Waals surface area contributed by atoms with Gasteiger partial charge in [-0.1, -0.05) is 43.6 Å². The number of amides is 2. The van der Waals surface area contributed by atoms with Crippen LogP contribution in [-0.4, -0.2) is 17.9 Å². The van der Waals surface area contributed by atoms with Crippen LogP contribution >= 0.6 is 11.6 Å². The molecule has 1 aromatic carbocycles. The highest BCUT2D eigenvalue weighted by atomic mass is 35.5. The van der Waals surface area contributed by atoms with Crippen LogP contribution in [0.2, 0.25) is 5.02 Å². The molecular weight excluding hydrogens is 264 g/mol. The second-order valence-electron chi connectivity index (χ2n) is 4.92. The summed E-state index contributed by atoms with van der Waals surface area (Å²) in [6.07, 6.45) is 0.672. The molecule has 0 aromatic heterocycles. The van der Waals surface area contributed by atoms with Crippen molar-refractivity contribution in [2.45, 2.75) is 32.7 Å². The van der Waals surface area contributed by atoms with Gasteiger partial charge in [0.05, 0.1) is 0 Å². The predicted octanol–water partition coefficient (Wildman–Crippen LogP) is 1.90. The minimum absolute atomic E-state index is 0.175. The first-order chi connectivity index (χ1) is 8.90. The van der Waals surface area contributed by atoms with E-state index in [1.165, 1.54) is 0 Å². The van der Waals surface area contributed by atoms with Crippen LogP contribution in [0.15, 0.2) is 24.3 Å². The van der Waals surface area contributed by atoms with Gasteiger partial charge < -0.3 is 11.1 Å². The Bertz CT molecular complexity index is 461. The summed E-state index contributed by atoms with van der Waals surface area (Å²) in [4.78, 5) is 23.1. The van der Waals surface area contributed by atoms with Gasteiger partial charge >= 0.3 is 0 Å². The van der Waals surface area contributed by atoms with Crippen LogP contribution in [0.4, 0.5) is 0 Å². The maximum absolute atomic E-state index is 11.7.